The maximum absolute atomic E-state index is 11.2. The van der Waals surface area contributed by atoms with Crippen molar-refractivity contribution >= 4 is 17.7 Å². The molecule has 2 aromatic carbocycles. The molecule has 0 spiro atoms. The molecule has 0 unspecified atom stereocenters. The molecule has 1 heterocycles. The molecule has 0 aromatic heterocycles. The minimum absolute atomic E-state index is 0.380. The van der Waals surface area contributed by atoms with Gasteiger partial charge in [0, 0.05) is 9.79 Å². The van der Waals surface area contributed by atoms with Crippen LogP contribution in [0.2, 0.25) is 0 Å². The van der Waals surface area contributed by atoms with Gasteiger partial charge >= 0.3 is 5.97 Å². The normalized spacial score (nSPS) is 15.8. The zero-order valence-electron chi connectivity index (χ0n) is 11.7. The topological polar surface area (TPSA) is 37.3 Å². The summed E-state index contributed by atoms with van der Waals surface area (Å²) >= 11 is 1.74. The Labute approximate surface area is 128 Å². The third-order valence-electron chi connectivity index (χ3n) is 4.54. The van der Waals surface area contributed by atoms with Gasteiger partial charge in [-0.05, 0) is 72.6 Å². The SMILES string of the molecule is O=C(O)c1ccc2c(c1)Sc1ccc3c(c1CC2)CCC3. The minimum atomic E-state index is -0.850. The third-order valence-corrected chi connectivity index (χ3v) is 5.74. The second-order valence-corrected chi connectivity index (χ2v) is 6.85. The fourth-order valence-corrected chi connectivity index (χ4v) is 4.67. The Kier molecular flexibility index (Phi) is 3.03. The van der Waals surface area contributed by atoms with E-state index in [9.17, 15) is 4.79 Å². The molecule has 2 aromatic rings. The zero-order valence-corrected chi connectivity index (χ0v) is 12.5. The van der Waals surface area contributed by atoms with Gasteiger partial charge in [0.05, 0.1) is 5.56 Å². The molecule has 0 radical (unpaired) electrons. The largest absolute Gasteiger partial charge is 0.478 e. The predicted molar refractivity (Wildman–Crippen MR) is 83.4 cm³/mol. The smallest absolute Gasteiger partial charge is 0.335 e. The van der Waals surface area contributed by atoms with Crippen molar-refractivity contribution in [1.29, 1.82) is 0 Å². The van der Waals surface area contributed by atoms with Gasteiger partial charge in [0.2, 0.25) is 0 Å². The second kappa shape index (κ2) is 4.92. The number of rotatable bonds is 1. The highest BCUT2D eigenvalue weighted by Crippen LogP contribution is 2.41. The molecule has 1 aliphatic carbocycles. The van der Waals surface area contributed by atoms with Crippen LogP contribution in [-0.2, 0) is 25.7 Å². The molecule has 1 N–H and O–H groups in total. The molecule has 0 saturated carbocycles. The van der Waals surface area contributed by atoms with E-state index in [0.717, 1.165) is 17.7 Å². The summed E-state index contributed by atoms with van der Waals surface area (Å²) in [5.74, 6) is -0.850. The van der Waals surface area contributed by atoms with E-state index in [1.54, 1.807) is 23.4 Å². The summed E-state index contributed by atoms with van der Waals surface area (Å²) < 4.78 is 0. The molecule has 2 nitrogen and oxygen atoms in total. The highest BCUT2D eigenvalue weighted by Gasteiger charge is 2.22. The number of carboxylic acids is 1. The first-order valence-electron chi connectivity index (χ1n) is 7.40. The monoisotopic (exact) mass is 296 g/mol. The number of hydrogen-bond donors (Lipinski definition) is 1. The Morgan fingerprint density at radius 3 is 2.62 bits per heavy atom. The van der Waals surface area contributed by atoms with E-state index in [0.29, 0.717) is 5.56 Å². The Bertz CT molecular complexity index is 749. The lowest BCUT2D eigenvalue weighted by atomic mass is 9.97. The number of benzene rings is 2. The molecule has 0 fully saturated rings. The standard InChI is InChI=1S/C18H16O2S/c19-18(20)13-5-4-12-6-8-15-14-3-1-2-11(14)7-9-16(15)21-17(12)10-13/h4-5,7,9-10H,1-3,6,8H2,(H,19,20). The van der Waals surface area contributed by atoms with Crippen molar-refractivity contribution < 1.29 is 9.90 Å². The first kappa shape index (κ1) is 13.0. The lowest BCUT2D eigenvalue weighted by Crippen LogP contribution is -1.98. The van der Waals surface area contributed by atoms with Crippen LogP contribution < -0.4 is 0 Å². The summed E-state index contributed by atoms with van der Waals surface area (Å²) in [6.45, 7) is 0. The van der Waals surface area contributed by atoms with E-state index in [4.69, 9.17) is 5.11 Å². The van der Waals surface area contributed by atoms with Crippen LogP contribution in [0.25, 0.3) is 0 Å². The first-order valence-corrected chi connectivity index (χ1v) is 8.22. The zero-order chi connectivity index (χ0) is 14.4. The van der Waals surface area contributed by atoms with Crippen LogP contribution in [0.15, 0.2) is 40.1 Å². The Morgan fingerprint density at radius 1 is 0.905 bits per heavy atom. The maximum atomic E-state index is 11.2. The van der Waals surface area contributed by atoms with E-state index in [1.807, 2.05) is 12.1 Å². The second-order valence-electron chi connectivity index (χ2n) is 5.76. The van der Waals surface area contributed by atoms with Gasteiger partial charge in [-0.3, -0.25) is 0 Å². The number of hydrogen-bond acceptors (Lipinski definition) is 2. The van der Waals surface area contributed by atoms with Crippen molar-refractivity contribution in [2.75, 3.05) is 0 Å². The van der Waals surface area contributed by atoms with Crippen molar-refractivity contribution in [3.63, 3.8) is 0 Å². The Morgan fingerprint density at radius 2 is 1.76 bits per heavy atom. The fourth-order valence-electron chi connectivity index (χ4n) is 3.46. The quantitative estimate of drug-likeness (QED) is 0.860. The average Bonchev–Trinajstić information content (AvgIpc) is 2.87. The summed E-state index contributed by atoms with van der Waals surface area (Å²) in [4.78, 5) is 13.6. The fraction of sp³-hybridized carbons (Fsp3) is 0.278. The lowest BCUT2D eigenvalue weighted by Gasteiger charge is -2.11. The van der Waals surface area contributed by atoms with Crippen LogP contribution in [0.4, 0.5) is 0 Å². The van der Waals surface area contributed by atoms with Gasteiger partial charge in [-0.2, -0.15) is 0 Å². The molecule has 2 aliphatic rings. The third kappa shape index (κ3) is 2.16. The predicted octanol–water partition coefficient (Wildman–Crippen LogP) is 4.12. The average molecular weight is 296 g/mol. The first-order chi connectivity index (χ1) is 10.2. The number of carboxylic acid groups (broad SMARTS) is 1. The number of fused-ring (bicyclic) bond motifs is 4. The summed E-state index contributed by atoms with van der Waals surface area (Å²) in [6, 6.07) is 10.0. The molecule has 3 heteroatoms. The van der Waals surface area contributed by atoms with Gasteiger partial charge in [-0.1, -0.05) is 23.9 Å². The highest BCUT2D eigenvalue weighted by atomic mass is 32.2. The molecule has 0 bridgehead atoms. The van der Waals surface area contributed by atoms with Crippen LogP contribution in [0.5, 0.6) is 0 Å². The molecular formula is C18H16O2S. The molecule has 0 atom stereocenters. The highest BCUT2D eigenvalue weighted by molar-refractivity contribution is 7.99. The molecular weight excluding hydrogens is 280 g/mol. The van der Waals surface area contributed by atoms with Crippen molar-refractivity contribution in [3.05, 3.63) is 58.1 Å². The van der Waals surface area contributed by atoms with Crippen LogP contribution in [-0.4, -0.2) is 11.1 Å². The molecule has 21 heavy (non-hydrogen) atoms. The maximum Gasteiger partial charge on any atom is 0.335 e. The summed E-state index contributed by atoms with van der Waals surface area (Å²) in [5, 5.41) is 9.17. The molecule has 4 rings (SSSR count). The van der Waals surface area contributed by atoms with Crippen molar-refractivity contribution in [3.8, 4) is 0 Å². The van der Waals surface area contributed by atoms with Crippen molar-refractivity contribution in [1.82, 2.24) is 0 Å². The van der Waals surface area contributed by atoms with Gasteiger partial charge in [0.25, 0.3) is 0 Å². The van der Waals surface area contributed by atoms with E-state index in [1.165, 1.54) is 40.8 Å². The van der Waals surface area contributed by atoms with Crippen molar-refractivity contribution in [2.45, 2.75) is 41.9 Å². The van der Waals surface area contributed by atoms with E-state index >= 15 is 0 Å². The van der Waals surface area contributed by atoms with E-state index in [-0.39, 0.29) is 0 Å². The van der Waals surface area contributed by atoms with Gasteiger partial charge in [-0.15, -0.1) is 0 Å². The van der Waals surface area contributed by atoms with E-state index in [2.05, 4.69) is 12.1 Å². The Hall–Kier alpha value is -1.74. The van der Waals surface area contributed by atoms with Crippen LogP contribution in [0, 0.1) is 0 Å². The van der Waals surface area contributed by atoms with E-state index < -0.39 is 5.97 Å². The molecule has 0 amide bonds. The number of carbonyl (C=O) groups is 1. The van der Waals surface area contributed by atoms with Crippen molar-refractivity contribution in [2.24, 2.45) is 0 Å². The van der Waals surface area contributed by atoms with Crippen LogP contribution in [0.3, 0.4) is 0 Å². The van der Waals surface area contributed by atoms with Gasteiger partial charge in [-0.25, -0.2) is 4.79 Å². The number of aryl methyl sites for hydroxylation is 2. The number of aromatic carboxylic acids is 1. The summed E-state index contributed by atoms with van der Waals surface area (Å²) in [7, 11) is 0. The summed E-state index contributed by atoms with van der Waals surface area (Å²) in [5.41, 5.74) is 6.24. The molecule has 106 valence electrons. The van der Waals surface area contributed by atoms with Gasteiger partial charge < -0.3 is 5.11 Å². The Balaban J connectivity index is 1.80. The lowest BCUT2D eigenvalue weighted by molar-refractivity contribution is 0.0696. The molecule has 1 aliphatic heterocycles. The summed E-state index contributed by atoms with van der Waals surface area (Å²) in [6.07, 6.45) is 5.77. The van der Waals surface area contributed by atoms with Gasteiger partial charge in [0.1, 0.15) is 0 Å². The molecule has 0 saturated heterocycles. The minimum Gasteiger partial charge on any atom is -0.478 e. The van der Waals surface area contributed by atoms with Crippen LogP contribution >= 0.6 is 11.8 Å². The van der Waals surface area contributed by atoms with Crippen LogP contribution in [0.1, 0.15) is 39.0 Å². The van der Waals surface area contributed by atoms with Gasteiger partial charge in [0.15, 0.2) is 0 Å².